The molecule has 4 aromatic rings. The molecule has 0 aliphatic heterocycles. The lowest BCUT2D eigenvalue weighted by Gasteiger charge is -2.09. The number of hydrogen-bond acceptors (Lipinski definition) is 10. The molecule has 0 radical (unpaired) electrons. The summed E-state index contributed by atoms with van der Waals surface area (Å²) in [6, 6.07) is 11.9. The molecule has 0 spiro atoms. The number of nitrogens with two attached hydrogens (primary N) is 2. The molecule has 0 saturated carbocycles. The summed E-state index contributed by atoms with van der Waals surface area (Å²) >= 11 is 0. The van der Waals surface area contributed by atoms with E-state index in [-0.39, 0.29) is 32.4 Å². The predicted molar refractivity (Wildman–Crippen MR) is 136 cm³/mol. The van der Waals surface area contributed by atoms with Crippen LogP contribution >= 0.6 is 0 Å². The smallest absolute Gasteiger partial charge is 0.297 e. The summed E-state index contributed by atoms with van der Waals surface area (Å²) in [7, 11) is -18.1. The van der Waals surface area contributed by atoms with Crippen LogP contribution in [0.5, 0.6) is 0 Å². The van der Waals surface area contributed by atoms with Gasteiger partial charge in [-0.3, -0.25) is 18.2 Å². The molecule has 4 aromatic carbocycles. The molecule has 0 aliphatic rings. The maximum Gasteiger partial charge on any atom is 0.297 e. The van der Waals surface area contributed by atoms with Crippen molar-refractivity contribution >= 4 is 73.4 Å². The van der Waals surface area contributed by atoms with E-state index in [0.717, 1.165) is 30.3 Å². The Labute approximate surface area is 216 Å². The second kappa shape index (κ2) is 9.75. The van der Waals surface area contributed by atoms with Crippen LogP contribution in [0, 0.1) is 0 Å². The normalized spacial score (nSPS) is 12.7. The molecule has 0 atom stereocenters. The monoisotopic (exact) mass is 606 g/mol. The molecule has 0 aliphatic carbocycles. The Kier molecular flexibility index (Phi) is 7.49. The Morgan fingerprint density at radius 3 is 1.63 bits per heavy atom. The number of fused-ring (bicyclic) bond motifs is 2. The predicted octanol–water partition coefficient (Wildman–Crippen LogP) is 1.83. The standard InChI is InChI=1S/2C10H9NO6S2/c11-9-4-6-1-2-8(18(12,13)14)3-7(6)5-10(9)19(15,16)17;11-8-5-4-6-7(10(8)19(15,16)17)2-1-3-9(6)18(12,13)14/h2*1-5H,11H2,(H,12,13,14)(H,15,16,17). The van der Waals surface area contributed by atoms with Crippen LogP contribution in [-0.4, -0.2) is 51.9 Å². The minimum absolute atomic E-state index is 0.0492. The fourth-order valence-corrected chi connectivity index (χ4v) is 6.16. The van der Waals surface area contributed by atoms with Gasteiger partial charge in [-0.2, -0.15) is 33.7 Å². The van der Waals surface area contributed by atoms with E-state index in [9.17, 15) is 33.7 Å². The van der Waals surface area contributed by atoms with Crippen molar-refractivity contribution < 1.29 is 51.9 Å². The molecule has 0 saturated heterocycles. The third-order valence-electron chi connectivity index (χ3n) is 5.05. The molecule has 0 fully saturated rings. The lowest BCUT2D eigenvalue weighted by atomic mass is 10.1. The zero-order valence-corrected chi connectivity index (χ0v) is 21.9. The second-order valence-electron chi connectivity index (χ2n) is 7.63. The first kappa shape index (κ1) is 29.2. The molecular weight excluding hydrogens is 588 g/mol. The first-order chi connectivity index (χ1) is 17.2. The zero-order chi connectivity index (χ0) is 28.8. The van der Waals surface area contributed by atoms with Gasteiger partial charge >= 0.3 is 0 Å². The van der Waals surface area contributed by atoms with Crippen LogP contribution < -0.4 is 11.5 Å². The van der Waals surface area contributed by atoms with E-state index >= 15 is 0 Å². The number of anilines is 2. The summed E-state index contributed by atoms with van der Waals surface area (Å²) in [4.78, 5) is -1.95. The van der Waals surface area contributed by atoms with Gasteiger partial charge < -0.3 is 11.5 Å². The topological polar surface area (TPSA) is 270 Å². The summed E-state index contributed by atoms with van der Waals surface area (Å²) in [5.41, 5.74) is 10.6. The quantitative estimate of drug-likeness (QED) is 0.143. The lowest BCUT2D eigenvalue weighted by Crippen LogP contribution is -2.06. The second-order valence-corrected chi connectivity index (χ2v) is 13.2. The van der Waals surface area contributed by atoms with Crippen LogP contribution in [0.4, 0.5) is 11.4 Å². The molecule has 0 bridgehead atoms. The van der Waals surface area contributed by atoms with Crippen molar-refractivity contribution in [3.05, 3.63) is 60.7 Å². The van der Waals surface area contributed by atoms with E-state index in [1.165, 1.54) is 30.3 Å². The fraction of sp³-hybridized carbons (Fsp3) is 0. The van der Waals surface area contributed by atoms with Crippen molar-refractivity contribution in [3.63, 3.8) is 0 Å². The van der Waals surface area contributed by atoms with E-state index < -0.39 is 55.2 Å². The van der Waals surface area contributed by atoms with E-state index in [1.807, 2.05) is 0 Å². The molecule has 0 amide bonds. The molecule has 0 unspecified atom stereocenters. The number of nitrogen functional groups attached to an aromatic ring is 2. The van der Waals surface area contributed by atoms with E-state index in [0.29, 0.717) is 5.39 Å². The van der Waals surface area contributed by atoms with Gasteiger partial charge in [0.25, 0.3) is 40.5 Å². The fourth-order valence-electron chi connectivity index (χ4n) is 3.49. The Bertz CT molecular complexity index is 2040. The summed E-state index contributed by atoms with van der Waals surface area (Å²) in [6.07, 6.45) is 0. The van der Waals surface area contributed by atoms with Crippen molar-refractivity contribution in [2.24, 2.45) is 0 Å². The van der Waals surface area contributed by atoms with Crippen LogP contribution in [0.2, 0.25) is 0 Å². The van der Waals surface area contributed by atoms with E-state index in [1.54, 1.807) is 0 Å². The van der Waals surface area contributed by atoms with Crippen molar-refractivity contribution in [1.29, 1.82) is 0 Å². The largest absolute Gasteiger partial charge is 0.398 e. The van der Waals surface area contributed by atoms with Crippen molar-refractivity contribution in [2.45, 2.75) is 19.6 Å². The highest BCUT2D eigenvalue weighted by molar-refractivity contribution is 7.87. The average molecular weight is 607 g/mol. The number of hydrogen-bond donors (Lipinski definition) is 6. The molecule has 0 aromatic heterocycles. The maximum atomic E-state index is 11.3. The minimum atomic E-state index is -4.62. The summed E-state index contributed by atoms with van der Waals surface area (Å²) in [6.45, 7) is 0. The maximum absolute atomic E-state index is 11.3. The number of benzene rings is 4. The van der Waals surface area contributed by atoms with Gasteiger partial charge in [0.05, 0.1) is 16.3 Å². The molecule has 38 heavy (non-hydrogen) atoms. The van der Waals surface area contributed by atoms with E-state index in [2.05, 4.69) is 0 Å². The molecular formula is C20H18N2O12S4. The molecule has 204 valence electrons. The third-order valence-corrected chi connectivity index (χ3v) is 8.70. The summed E-state index contributed by atoms with van der Waals surface area (Å²) < 4.78 is 125. The molecule has 18 heteroatoms. The number of rotatable bonds is 4. The highest BCUT2D eigenvalue weighted by Gasteiger charge is 2.22. The highest BCUT2D eigenvalue weighted by Crippen LogP contribution is 2.32. The van der Waals surface area contributed by atoms with Crippen molar-refractivity contribution in [3.8, 4) is 0 Å². The Balaban J connectivity index is 0.000000211. The molecule has 0 heterocycles. The Hall–Kier alpha value is -3.36. The average Bonchev–Trinajstić information content (AvgIpc) is 2.75. The van der Waals surface area contributed by atoms with Gasteiger partial charge in [-0.15, -0.1) is 0 Å². The van der Waals surface area contributed by atoms with Gasteiger partial charge in [-0.1, -0.05) is 24.3 Å². The van der Waals surface area contributed by atoms with Crippen LogP contribution in [0.3, 0.4) is 0 Å². The van der Waals surface area contributed by atoms with Gasteiger partial charge in [-0.05, 0) is 47.2 Å². The van der Waals surface area contributed by atoms with Gasteiger partial charge in [0, 0.05) is 10.8 Å². The van der Waals surface area contributed by atoms with Crippen LogP contribution in [0.25, 0.3) is 21.5 Å². The zero-order valence-electron chi connectivity index (χ0n) is 18.6. The first-order valence-corrected chi connectivity index (χ1v) is 15.5. The van der Waals surface area contributed by atoms with Gasteiger partial charge in [0.1, 0.15) is 14.7 Å². The van der Waals surface area contributed by atoms with Crippen LogP contribution in [0.1, 0.15) is 0 Å². The van der Waals surface area contributed by atoms with Gasteiger partial charge in [-0.25, -0.2) is 0 Å². The van der Waals surface area contributed by atoms with Crippen LogP contribution in [-0.2, 0) is 40.5 Å². The lowest BCUT2D eigenvalue weighted by molar-refractivity contribution is 0.481. The van der Waals surface area contributed by atoms with E-state index in [4.69, 9.17) is 29.7 Å². The SMILES string of the molecule is Nc1cc2ccc(S(=O)(=O)O)cc2cc1S(=O)(=O)O.Nc1ccc2c(S(=O)(=O)O)cccc2c1S(=O)(=O)O. The Morgan fingerprint density at radius 1 is 0.500 bits per heavy atom. The molecule has 4 rings (SSSR count). The van der Waals surface area contributed by atoms with Gasteiger partial charge in [0.2, 0.25) is 0 Å². The highest BCUT2D eigenvalue weighted by atomic mass is 32.2. The first-order valence-electron chi connectivity index (χ1n) is 9.75. The molecule has 14 nitrogen and oxygen atoms in total. The van der Waals surface area contributed by atoms with Gasteiger partial charge in [0.15, 0.2) is 0 Å². The minimum Gasteiger partial charge on any atom is -0.398 e. The van der Waals surface area contributed by atoms with Crippen molar-refractivity contribution in [2.75, 3.05) is 11.5 Å². The summed E-state index contributed by atoms with van der Waals surface area (Å²) in [5.74, 6) is 0. The molecule has 8 N–H and O–H groups in total. The summed E-state index contributed by atoms with van der Waals surface area (Å²) in [5, 5.41) is 0.540. The van der Waals surface area contributed by atoms with Crippen LogP contribution in [0.15, 0.2) is 80.2 Å². The third kappa shape index (κ3) is 6.19. The Morgan fingerprint density at radius 2 is 1.11 bits per heavy atom. The van der Waals surface area contributed by atoms with Crippen molar-refractivity contribution in [1.82, 2.24) is 0 Å².